The smallest absolute Gasteiger partial charge is 0.0246 e. The minimum Gasteiger partial charge on any atom is -0.326 e. The van der Waals surface area contributed by atoms with Gasteiger partial charge in [0.2, 0.25) is 0 Å². The van der Waals surface area contributed by atoms with Crippen LogP contribution in [0.4, 0.5) is 0 Å². The van der Waals surface area contributed by atoms with Gasteiger partial charge in [-0.2, -0.15) is 0 Å². The summed E-state index contributed by atoms with van der Waals surface area (Å²) in [5.74, 6) is 0. The van der Waals surface area contributed by atoms with Gasteiger partial charge in [0.1, 0.15) is 0 Å². The fourth-order valence-electron chi connectivity index (χ4n) is 2.95. The van der Waals surface area contributed by atoms with Crippen molar-refractivity contribution in [2.45, 2.75) is 83.3 Å². The molecule has 0 spiro atoms. The van der Waals surface area contributed by atoms with Crippen LogP contribution in [0.15, 0.2) is 0 Å². The fourth-order valence-corrected chi connectivity index (χ4v) is 2.95. The highest BCUT2D eigenvalue weighted by molar-refractivity contribution is 4.84. The van der Waals surface area contributed by atoms with Crippen molar-refractivity contribution >= 4 is 0 Å². The number of nitrogens with two attached hydrogens (primary N) is 1. The van der Waals surface area contributed by atoms with Gasteiger partial charge in [-0.3, -0.25) is 4.90 Å². The lowest BCUT2D eigenvalue weighted by Gasteiger charge is -2.38. The third kappa shape index (κ3) is 4.06. The maximum Gasteiger partial charge on any atom is 0.0246 e. The molecule has 2 heteroatoms. The van der Waals surface area contributed by atoms with Crippen LogP contribution in [-0.2, 0) is 0 Å². The Morgan fingerprint density at radius 1 is 1.19 bits per heavy atom. The highest BCUT2D eigenvalue weighted by atomic mass is 15.2. The Bertz CT molecular complexity index is 182. The first kappa shape index (κ1) is 14.0. The van der Waals surface area contributed by atoms with Crippen LogP contribution in [0.1, 0.15) is 65.2 Å². The summed E-state index contributed by atoms with van der Waals surface area (Å²) < 4.78 is 0. The predicted molar refractivity (Wildman–Crippen MR) is 71.6 cm³/mol. The second kappa shape index (κ2) is 7.29. The van der Waals surface area contributed by atoms with Gasteiger partial charge >= 0.3 is 0 Å². The summed E-state index contributed by atoms with van der Waals surface area (Å²) in [5.41, 5.74) is 6.34. The molecule has 1 fully saturated rings. The summed E-state index contributed by atoms with van der Waals surface area (Å²) in [7, 11) is 2.27. The molecule has 0 aromatic carbocycles. The molecule has 0 bridgehead atoms. The summed E-state index contributed by atoms with van der Waals surface area (Å²) in [6.07, 6.45) is 10.6. The van der Waals surface area contributed by atoms with E-state index in [1.54, 1.807) is 0 Å². The van der Waals surface area contributed by atoms with Crippen molar-refractivity contribution in [1.29, 1.82) is 0 Å². The highest BCUT2D eigenvalue weighted by Crippen LogP contribution is 2.22. The van der Waals surface area contributed by atoms with Crippen molar-refractivity contribution in [3.63, 3.8) is 0 Å². The van der Waals surface area contributed by atoms with E-state index in [9.17, 15) is 0 Å². The molecule has 0 aromatic heterocycles. The Morgan fingerprint density at radius 2 is 1.81 bits per heavy atom. The van der Waals surface area contributed by atoms with Crippen molar-refractivity contribution in [3.8, 4) is 0 Å². The molecule has 96 valence electrons. The van der Waals surface area contributed by atoms with Gasteiger partial charge in [-0.25, -0.2) is 0 Å². The van der Waals surface area contributed by atoms with Crippen LogP contribution in [0.5, 0.6) is 0 Å². The lowest BCUT2D eigenvalue weighted by Crippen LogP contribution is -2.49. The van der Waals surface area contributed by atoms with Gasteiger partial charge in [-0.1, -0.05) is 39.0 Å². The lowest BCUT2D eigenvalue weighted by atomic mass is 9.91. The zero-order valence-electron chi connectivity index (χ0n) is 11.4. The molecular formula is C14H30N2. The molecule has 0 saturated heterocycles. The van der Waals surface area contributed by atoms with E-state index in [1.807, 2.05) is 0 Å². The SMILES string of the molecule is CCCC(C)N(C)C1CCCCCCC1N. The molecular weight excluding hydrogens is 196 g/mol. The molecule has 3 atom stereocenters. The van der Waals surface area contributed by atoms with Gasteiger partial charge < -0.3 is 5.73 Å². The third-order valence-corrected chi connectivity index (χ3v) is 4.21. The second-order valence-electron chi connectivity index (χ2n) is 5.53. The summed E-state index contributed by atoms with van der Waals surface area (Å²) in [6.45, 7) is 4.61. The van der Waals surface area contributed by atoms with Crippen LogP contribution in [0.2, 0.25) is 0 Å². The largest absolute Gasteiger partial charge is 0.326 e. The van der Waals surface area contributed by atoms with Gasteiger partial charge in [-0.15, -0.1) is 0 Å². The molecule has 0 amide bonds. The predicted octanol–water partition coefficient (Wildman–Crippen LogP) is 3.16. The molecule has 1 rings (SSSR count). The van der Waals surface area contributed by atoms with E-state index in [0.29, 0.717) is 18.1 Å². The normalized spacial score (nSPS) is 29.8. The topological polar surface area (TPSA) is 29.3 Å². The number of hydrogen-bond acceptors (Lipinski definition) is 2. The highest BCUT2D eigenvalue weighted by Gasteiger charge is 2.25. The van der Waals surface area contributed by atoms with E-state index >= 15 is 0 Å². The van der Waals surface area contributed by atoms with E-state index < -0.39 is 0 Å². The number of rotatable bonds is 4. The molecule has 1 aliphatic carbocycles. The minimum atomic E-state index is 0.393. The Kier molecular flexibility index (Phi) is 6.37. The summed E-state index contributed by atoms with van der Waals surface area (Å²) >= 11 is 0. The number of likely N-dealkylation sites (N-methyl/N-ethyl adjacent to an activating group) is 1. The van der Waals surface area contributed by atoms with Crippen molar-refractivity contribution in [3.05, 3.63) is 0 Å². The molecule has 2 N–H and O–H groups in total. The molecule has 0 aromatic rings. The van der Waals surface area contributed by atoms with Gasteiger partial charge in [0, 0.05) is 18.1 Å². The van der Waals surface area contributed by atoms with Gasteiger partial charge in [0.15, 0.2) is 0 Å². The first-order valence-corrected chi connectivity index (χ1v) is 7.14. The number of hydrogen-bond donors (Lipinski definition) is 1. The average Bonchev–Trinajstić information content (AvgIpc) is 2.24. The zero-order chi connectivity index (χ0) is 12.0. The van der Waals surface area contributed by atoms with Gasteiger partial charge in [0.05, 0.1) is 0 Å². The molecule has 0 heterocycles. The monoisotopic (exact) mass is 226 g/mol. The van der Waals surface area contributed by atoms with E-state index in [0.717, 1.165) is 0 Å². The van der Waals surface area contributed by atoms with Crippen LogP contribution in [-0.4, -0.2) is 30.1 Å². The third-order valence-electron chi connectivity index (χ3n) is 4.21. The Morgan fingerprint density at radius 3 is 2.44 bits per heavy atom. The molecule has 0 radical (unpaired) electrons. The summed E-state index contributed by atoms with van der Waals surface area (Å²) in [6, 6.07) is 1.69. The summed E-state index contributed by atoms with van der Waals surface area (Å²) in [4.78, 5) is 2.54. The summed E-state index contributed by atoms with van der Waals surface area (Å²) in [5, 5.41) is 0. The average molecular weight is 226 g/mol. The maximum atomic E-state index is 6.34. The van der Waals surface area contributed by atoms with Crippen LogP contribution < -0.4 is 5.73 Å². The molecule has 1 saturated carbocycles. The van der Waals surface area contributed by atoms with Crippen molar-refractivity contribution in [2.24, 2.45) is 5.73 Å². The Labute approximate surface area is 102 Å². The van der Waals surface area contributed by atoms with Crippen LogP contribution in [0, 0.1) is 0 Å². The molecule has 1 aliphatic rings. The van der Waals surface area contributed by atoms with Gasteiger partial charge in [0.25, 0.3) is 0 Å². The van der Waals surface area contributed by atoms with E-state index in [-0.39, 0.29) is 0 Å². The standard InChI is InChI=1S/C14H30N2/c1-4-9-12(2)16(3)14-11-8-6-5-7-10-13(14)15/h12-14H,4-11,15H2,1-3H3. The molecule has 2 nitrogen and oxygen atoms in total. The maximum absolute atomic E-state index is 6.34. The Balaban J connectivity index is 2.51. The molecule has 3 unspecified atom stereocenters. The van der Waals surface area contributed by atoms with Crippen molar-refractivity contribution < 1.29 is 0 Å². The van der Waals surface area contributed by atoms with Crippen LogP contribution in [0.3, 0.4) is 0 Å². The second-order valence-corrected chi connectivity index (χ2v) is 5.53. The van der Waals surface area contributed by atoms with E-state index in [2.05, 4.69) is 25.8 Å². The minimum absolute atomic E-state index is 0.393. The van der Waals surface area contributed by atoms with Crippen LogP contribution >= 0.6 is 0 Å². The van der Waals surface area contributed by atoms with Crippen LogP contribution in [0.25, 0.3) is 0 Å². The van der Waals surface area contributed by atoms with E-state index in [1.165, 1.54) is 51.4 Å². The fraction of sp³-hybridized carbons (Fsp3) is 1.00. The quantitative estimate of drug-likeness (QED) is 0.798. The number of nitrogens with zero attached hydrogens (tertiary/aromatic N) is 1. The first-order chi connectivity index (χ1) is 7.66. The van der Waals surface area contributed by atoms with Crippen molar-refractivity contribution in [1.82, 2.24) is 4.90 Å². The molecule has 16 heavy (non-hydrogen) atoms. The Hall–Kier alpha value is -0.0800. The van der Waals surface area contributed by atoms with Crippen molar-refractivity contribution in [2.75, 3.05) is 7.05 Å². The van der Waals surface area contributed by atoms with Gasteiger partial charge in [-0.05, 0) is 33.2 Å². The first-order valence-electron chi connectivity index (χ1n) is 7.14. The lowest BCUT2D eigenvalue weighted by molar-refractivity contribution is 0.132. The zero-order valence-corrected chi connectivity index (χ0v) is 11.4. The van der Waals surface area contributed by atoms with E-state index in [4.69, 9.17) is 5.73 Å². The molecule has 0 aliphatic heterocycles.